The average molecular weight is 289 g/mol. The molecular weight excluding hydrogens is 266 g/mol. The zero-order valence-corrected chi connectivity index (χ0v) is 14.1. The van der Waals surface area contributed by atoms with Gasteiger partial charge < -0.3 is 0 Å². The molecule has 0 saturated carbocycles. The summed E-state index contributed by atoms with van der Waals surface area (Å²) in [5.41, 5.74) is 7.37. The van der Waals surface area contributed by atoms with Gasteiger partial charge in [0.25, 0.3) is 0 Å². The van der Waals surface area contributed by atoms with Gasteiger partial charge in [0.2, 0.25) is 0 Å². The Kier molecular flexibility index (Phi) is 3.52. The third-order valence-electron chi connectivity index (χ3n) is 4.22. The molecule has 0 saturated heterocycles. The Labute approximate surface area is 133 Å². The Balaban J connectivity index is 2.10. The molecule has 1 heteroatoms. The van der Waals surface area contributed by atoms with E-state index < -0.39 is 0 Å². The third kappa shape index (κ3) is 2.76. The normalized spacial score (nSPS) is 11.9. The first kappa shape index (κ1) is 14.8. The fourth-order valence-corrected chi connectivity index (χ4v) is 2.80. The molecular formula is C21H23N. The van der Waals surface area contributed by atoms with Gasteiger partial charge >= 0.3 is 0 Å². The molecule has 0 N–H and O–H groups in total. The number of rotatable bonds is 1. The Morgan fingerprint density at radius 1 is 0.818 bits per heavy atom. The van der Waals surface area contributed by atoms with Crippen molar-refractivity contribution in [3.05, 3.63) is 65.2 Å². The lowest BCUT2D eigenvalue weighted by Gasteiger charge is -2.19. The molecule has 0 aliphatic heterocycles. The highest BCUT2D eigenvalue weighted by molar-refractivity contribution is 5.85. The molecule has 22 heavy (non-hydrogen) atoms. The van der Waals surface area contributed by atoms with Crippen molar-refractivity contribution in [1.29, 1.82) is 0 Å². The topological polar surface area (TPSA) is 12.9 Å². The average Bonchev–Trinajstić information content (AvgIpc) is 2.46. The molecule has 0 radical (unpaired) electrons. The number of aryl methyl sites for hydroxylation is 2. The van der Waals surface area contributed by atoms with E-state index in [0.29, 0.717) is 0 Å². The SMILES string of the molecule is Cc1ccc2c(C)cc(-c3ccc(C(C)(C)C)cc3)nc2c1. The van der Waals surface area contributed by atoms with Crippen molar-refractivity contribution in [2.45, 2.75) is 40.0 Å². The monoisotopic (exact) mass is 289 g/mol. The lowest BCUT2D eigenvalue weighted by molar-refractivity contribution is 0.590. The second kappa shape index (κ2) is 5.24. The van der Waals surface area contributed by atoms with Gasteiger partial charge in [-0.1, -0.05) is 57.2 Å². The molecule has 0 unspecified atom stereocenters. The van der Waals surface area contributed by atoms with Gasteiger partial charge in [-0.3, -0.25) is 0 Å². The van der Waals surface area contributed by atoms with Gasteiger partial charge in [0.05, 0.1) is 11.2 Å². The molecule has 0 atom stereocenters. The maximum Gasteiger partial charge on any atom is 0.0714 e. The van der Waals surface area contributed by atoms with Gasteiger partial charge in [-0.15, -0.1) is 0 Å². The van der Waals surface area contributed by atoms with Crippen LogP contribution in [0.3, 0.4) is 0 Å². The van der Waals surface area contributed by atoms with Crippen molar-refractivity contribution >= 4 is 10.9 Å². The number of aromatic nitrogens is 1. The van der Waals surface area contributed by atoms with Crippen LogP contribution in [-0.4, -0.2) is 4.98 Å². The minimum atomic E-state index is 0.183. The molecule has 112 valence electrons. The van der Waals surface area contributed by atoms with E-state index >= 15 is 0 Å². The highest BCUT2D eigenvalue weighted by atomic mass is 14.7. The zero-order chi connectivity index (χ0) is 15.9. The third-order valence-corrected chi connectivity index (χ3v) is 4.22. The smallest absolute Gasteiger partial charge is 0.0714 e. The minimum absolute atomic E-state index is 0.183. The fourth-order valence-electron chi connectivity index (χ4n) is 2.80. The minimum Gasteiger partial charge on any atom is -0.248 e. The van der Waals surface area contributed by atoms with Crippen LogP contribution in [-0.2, 0) is 5.41 Å². The van der Waals surface area contributed by atoms with Crippen LogP contribution in [0, 0.1) is 13.8 Å². The summed E-state index contributed by atoms with van der Waals surface area (Å²) in [6.45, 7) is 11.0. The molecule has 2 aromatic carbocycles. The van der Waals surface area contributed by atoms with E-state index in [1.807, 2.05) is 0 Å². The Bertz CT molecular complexity index is 821. The van der Waals surface area contributed by atoms with Crippen LogP contribution in [0.4, 0.5) is 0 Å². The molecule has 0 fully saturated rings. The molecule has 0 amide bonds. The van der Waals surface area contributed by atoms with Crippen LogP contribution in [0.15, 0.2) is 48.5 Å². The van der Waals surface area contributed by atoms with Gasteiger partial charge in [-0.2, -0.15) is 0 Å². The van der Waals surface area contributed by atoms with E-state index in [2.05, 4.69) is 83.1 Å². The second-order valence-electron chi connectivity index (χ2n) is 7.17. The molecule has 0 aliphatic carbocycles. The van der Waals surface area contributed by atoms with Crippen molar-refractivity contribution in [1.82, 2.24) is 4.98 Å². The van der Waals surface area contributed by atoms with Gasteiger partial charge in [-0.25, -0.2) is 4.98 Å². The van der Waals surface area contributed by atoms with E-state index in [0.717, 1.165) is 11.2 Å². The predicted molar refractivity (Wildman–Crippen MR) is 95.4 cm³/mol. The van der Waals surface area contributed by atoms with Crippen molar-refractivity contribution in [3.63, 3.8) is 0 Å². The van der Waals surface area contributed by atoms with Crippen LogP contribution in [0.5, 0.6) is 0 Å². The highest BCUT2D eigenvalue weighted by Crippen LogP contribution is 2.28. The van der Waals surface area contributed by atoms with Crippen LogP contribution in [0.2, 0.25) is 0 Å². The number of nitrogens with zero attached hydrogens (tertiary/aromatic N) is 1. The van der Waals surface area contributed by atoms with Crippen molar-refractivity contribution in [2.75, 3.05) is 0 Å². The number of hydrogen-bond donors (Lipinski definition) is 0. The lowest BCUT2D eigenvalue weighted by Crippen LogP contribution is -2.10. The molecule has 0 spiro atoms. The number of fused-ring (bicyclic) bond motifs is 1. The molecule has 1 aromatic heterocycles. The largest absolute Gasteiger partial charge is 0.248 e. The molecule has 3 rings (SSSR count). The summed E-state index contributed by atoms with van der Waals surface area (Å²) >= 11 is 0. The van der Waals surface area contributed by atoms with Gasteiger partial charge in [-0.05, 0) is 48.1 Å². The first-order valence-electron chi connectivity index (χ1n) is 7.83. The Morgan fingerprint density at radius 3 is 2.14 bits per heavy atom. The number of benzene rings is 2. The maximum atomic E-state index is 4.86. The molecule has 3 aromatic rings. The number of pyridine rings is 1. The Hall–Kier alpha value is -2.15. The lowest BCUT2D eigenvalue weighted by atomic mass is 9.86. The van der Waals surface area contributed by atoms with E-state index in [1.165, 1.54) is 27.6 Å². The van der Waals surface area contributed by atoms with E-state index in [-0.39, 0.29) is 5.41 Å². The van der Waals surface area contributed by atoms with E-state index in [1.54, 1.807) is 0 Å². The standard InChI is InChI=1S/C21H23N/c1-14-6-11-18-15(2)13-19(22-20(18)12-14)16-7-9-17(10-8-16)21(3,4)5/h6-13H,1-5H3. The fraction of sp³-hybridized carbons (Fsp3) is 0.286. The maximum absolute atomic E-state index is 4.86. The van der Waals surface area contributed by atoms with Crippen LogP contribution in [0.25, 0.3) is 22.2 Å². The van der Waals surface area contributed by atoms with E-state index in [4.69, 9.17) is 4.98 Å². The summed E-state index contributed by atoms with van der Waals surface area (Å²) in [6, 6.07) is 17.5. The van der Waals surface area contributed by atoms with Crippen LogP contribution < -0.4 is 0 Å². The summed E-state index contributed by atoms with van der Waals surface area (Å²) in [5.74, 6) is 0. The quantitative estimate of drug-likeness (QED) is 0.550. The predicted octanol–water partition coefficient (Wildman–Crippen LogP) is 5.82. The summed E-state index contributed by atoms with van der Waals surface area (Å²) in [6.07, 6.45) is 0. The second-order valence-corrected chi connectivity index (χ2v) is 7.17. The molecule has 0 aliphatic rings. The van der Waals surface area contributed by atoms with Crippen molar-refractivity contribution < 1.29 is 0 Å². The highest BCUT2D eigenvalue weighted by Gasteiger charge is 2.13. The summed E-state index contributed by atoms with van der Waals surface area (Å²) in [7, 11) is 0. The zero-order valence-electron chi connectivity index (χ0n) is 14.1. The van der Waals surface area contributed by atoms with Crippen molar-refractivity contribution in [2.24, 2.45) is 0 Å². The Morgan fingerprint density at radius 2 is 1.50 bits per heavy atom. The van der Waals surface area contributed by atoms with E-state index in [9.17, 15) is 0 Å². The van der Waals surface area contributed by atoms with Gasteiger partial charge in [0.15, 0.2) is 0 Å². The van der Waals surface area contributed by atoms with Gasteiger partial charge in [0, 0.05) is 10.9 Å². The molecule has 0 bridgehead atoms. The van der Waals surface area contributed by atoms with Crippen LogP contribution in [0.1, 0.15) is 37.5 Å². The summed E-state index contributed by atoms with van der Waals surface area (Å²) in [5, 5.41) is 1.24. The molecule has 1 nitrogen and oxygen atoms in total. The summed E-state index contributed by atoms with van der Waals surface area (Å²) in [4.78, 5) is 4.86. The van der Waals surface area contributed by atoms with Crippen LogP contribution >= 0.6 is 0 Å². The van der Waals surface area contributed by atoms with Crippen molar-refractivity contribution in [3.8, 4) is 11.3 Å². The first-order valence-corrected chi connectivity index (χ1v) is 7.83. The van der Waals surface area contributed by atoms with Gasteiger partial charge in [0.1, 0.15) is 0 Å². The molecule has 1 heterocycles. The summed E-state index contributed by atoms with van der Waals surface area (Å²) < 4.78 is 0. The first-order chi connectivity index (χ1) is 10.3. The number of hydrogen-bond acceptors (Lipinski definition) is 1.